The van der Waals surface area contributed by atoms with E-state index >= 15 is 0 Å². The highest BCUT2D eigenvalue weighted by molar-refractivity contribution is 9.11. The zero-order chi connectivity index (χ0) is 23.0. The second-order valence-corrected chi connectivity index (χ2v) is 11.1. The van der Waals surface area contributed by atoms with Gasteiger partial charge in [-0.1, -0.05) is 13.8 Å². The molecule has 4 nitrogen and oxygen atoms in total. The van der Waals surface area contributed by atoms with E-state index < -0.39 is 0 Å². The summed E-state index contributed by atoms with van der Waals surface area (Å²) in [4.78, 5) is 0. The van der Waals surface area contributed by atoms with E-state index in [2.05, 4.69) is 102 Å². The molecule has 31 heavy (non-hydrogen) atoms. The molecule has 0 saturated heterocycles. The van der Waals surface area contributed by atoms with Gasteiger partial charge in [-0.25, -0.2) is 0 Å². The Balaban J connectivity index is 2.26. The first kappa shape index (κ1) is 27.1. The van der Waals surface area contributed by atoms with E-state index in [0.717, 1.165) is 66.2 Å². The van der Waals surface area contributed by atoms with Crippen LogP contribution in [0.4, 0.5) is 0 Å². The highest BCUT2D eigenvalue weighted by atomic mass is 79.9. The van der Waals surface area contributed by atoms with Gasteiger partial charge in [0, 0.05) is 18.6 Å². The van der Waals surface area contributed by atoms with Crippen LogP contribution in [0.15, 0.2) is 42.2 Å². The fourth-order valence-electron chi connectivity index (χ4n) is 3.06. The van der Waals surface area contributed by atoms with Crippen molar-refractivity contribution in [1.29, 1.82) is 0 Å². The minimum atomic E-state index is -0.277. The maximum absolute atomic E-state index is 8.93. The molecule has 2 aromatic carbocycles. The minimum Gasteiger partial charge on any atom is -0.491 e. The lowest BCUT2D eigenvalue weighted by molar-refractivity contribution is 0.252. The number of unbranched alkanes of at least 4 members (excludes halogenated alkanes) is 2. The molecule has 0 aliphatic carbocycles. The molecular formula is C23H28Br4O4. The number of aliphatic hydroxyl groups is 2. The molecule has 0 saturated carbocycles. The second-order valence-electron chi connectivity index (χ2n) is 7.72. The maximum Gasteiger partial charge on any atom is 0.147 e. The summed E-state index contributed by atoms with van der Waals surface area (Å²) < 4.78 is 15.3. The number of hydrogen-bond donors (Lipinski definition) is 2. The van der Waals surface area contributed by atoms with Gasteiger partial charge in [0.05, 0.1) is 31.1 Å². The molecule has 0 unspecified atom stereocenters. The summed E-state index contributed by atoms with van der Waals surface area (Å²) in [5.74, 6) is 1.54. The van der Waals surface area contributed by atoms with Crippen LogP contribution in [0.5, 0.6) is 11.5 Å². The topological polar surface area (TPSA) is 58.9 Å². The standard InChI is InChI=1S/C23H28Br4O4/c1-23(2,15-11-17(24)21(18(25)12-15)30-9-5-3-7-28)16-13-19(26)22(20(27)14-16)31-10-6-4-8-29/h11-14,28-29H,3-10H2,1-2H3. The Morgan fingerprint density at radius 2 is 0.968 bits per heavy atom. The molecule has 2 N–H and O–H groups in total. The number of hydrogen-bond acceptors (Lipinski definition) is 4. The Bertz CT molecular complexity index is 755. The van der Waals surface area contributed by atoms with E-state index in [0.29, 0.717) is 13.2 Å². The van der Waals surface area contributed by atoms with Crippen molar-refractivity contribution in [3.05, 3.63) is 53.3 Å². The average Bonchev–Trinajstić information content (AvgIpc) is 2.71. The quantitative estimate of drug-likeness (QED) is 0.229. The number of halogens is 4. The van der Waals surface area contributed by atoms with E-state index in [1.807, 2.05) is 0 Å². The third-order valence-corrected chi connectivity index (χ3v) is 7.39. The summed E-state index contributed by atoms with van der Waals surface area (Å²) >= 11 is 14.6. The number of ether oxygens (including phenoxy) is 2. The molecule has 0 aliphatic rings. The molecule has 0 aromatic heterocycles. The molecule has 0 amide bonds. The van der Waals surface area contributed by atoms with Crippen molar-refractivity contribution >= 4 is 63.7 Å². The number of rotatable bonds is 12. The summed E-state index contributed by atoms with van der Waals surface area (Å²) in [7, 11) is 0. The van der Waals surface area contributed by atoms with Crippen LogP contribution in [-0.2, 0) is 5.41 Å². The Morgan fingerprint density at radius 3 is 1.26 bits per heavy atom. The van der Waals surface area contributed by atoms with E-state index in [-0.39, 0.29) is 18.6 Å². The molecule has 2 rings (SSSR count). The third-order valence-electron chi connectivity index (χ3n) is 5.04. The van der Waals surface area contributed by atoms with Crippen molar-refractivity contribution in [3.63, 3.8) is 0 Å². The Hall–Kier alpha value is -0.120. The van der Waals surface area contributed by atoms with Crippen LogP contribution in [0.25, 0.3) is 0 Å². The molecular weight excluding hydrogens is 660 g/mol. The first-order chi connectivity index (χ1) is 14.7. The molecule has 0 spiro atoms. The van der Waals surface area contributed by atoms with Crippen LogP contribution in [0.1, 0.15) is 50.7 Å². The normalized spacial score (nSPS) is 11.6. The predicted molar refractivity (Wildman–Crippen MR) is 139 cm³/mol. The van der Waals surface area contributed by atoms with Crippen molar-refractivity contribution < 1.29 is 19.7 Å². The minimum absolute atomic E-state index is 0.177. The Labute approximate surface area is 218 Å². The largest absolute Gasteiger partial charge is 0.491 e. The summed E-state index contributed by atoms with van der Waals surface area (Å²) in [5, 5.41) is 17.9. The Morgan fingerprint density at radius 1 is 0.645 bits per heavy atom. The fourth-order valence-corrected chi connectivity index (χ4v) is 5.89. The Kier molecular flexibility index (Phi) is 11.3. The van der Waals surface area contributed by atoms with E-state index in [4.69, 9.17) is 19.7 Å². The fraction of sp³-hybridized carbons (Fsp3) is 0.478. The van der Waals surface area contributed by atoms with Crippen LogP contribution in [0.3, 0.4) is 0 Å². The van der Waals surface area contributed by atoms with Gasteiger partial charge in [-0.05, 0) is 125 Å². The van der Waals surface area contributed by atoms with Gasteiger partial charge in [0.2, 0.25) is 0 Å². The van der Waals surface area contributed by atoms with Crippen LogP contribution in [0, 0.1) is 0 Å². The predicted octanol–water partition coefficient (Wildman–Crippen LogP) is 7.37. The highest BCUT2D eigenvalue weighted by Gasteiger charge is 2.27. The highest BCUT2D eigenvalue weighted by Crippen LogP contribution is 2.44. The molecule has 0 fully saturated rings. The van der Waals surface area contributed by atoms with Crippen molar-refractivity contribution in [2.24, 2.45) is 0 Å². The molecule has 0 radical (unpaired) electrons. The van der Waals surface area contributed by atoms with Gasteiger partial charge in [-0.2, -0.15) is 0 Å². The zero-order valence-corrected chi connectivity index (χ0v) is 24.0. The molecule has 0 heterocycles. The van der Waals surface area contributed by atoms with Gasteiger partial charge in [0.15, 0.2) is 0 Å². The van der Waals surface area contributed by atoms with Crippen LogP contribution in [0.2, 0.25) is 0 Å². The van der Waals surface area contributed by atoms with Gasteiger partial charge in [-0.15, -0.1) is 0 Å². The van der Waals surface area contributed by atoms with Crippen LogP contribution >= 0.6 is 63.7 Å². The first-order valence-corrected chi connectivity index (χ1v) is 13.4. The van der Waals surface area contributed by atoms with Crippen molar-refractivity contribution in [1.82, 2.24) is 0 Å². The van der Waals surface area contributed by atoms with Crippen LogP contribution < -0.4 is 9.47 Å². The monoisotopic (exact) mass is 684 g/mol. The lowest BCUT2D eigenvalue weighted by Gasteiger charge is -2.28. The van der Waals surface area contributed by atoms with E-state index in [1.54, 1.807) is 0 Å². The first-order valence-electron chi connectivity index (χ1n) is 10.2. The number of aliphatic hydroxyl groups excluding tert-OH is 2. The lowest BCUT2D eigenvalue weighted by atomic mass is 9.78. The van der Waals surface area contributed by atoms with Gasteiger partial charge in [0.1, 0.15) is 11.5 Å². The maximum atomic E-state index is 8.93. The molecule has 2 aromatic rings. The van der Waals surface area contributed by atoms with E-state index in [1.165, 1.54) is 0 Å². The zero-order valence-electron chi connectivity index (χ0n) is 17.7. The summed E-state index contributed by atoms with van der Waals surface area (Å²) in [5.41, 5.74) is 1.98. The SMILES string of the molecule is CC(C)(c1cc(Br)c(OCCCCO)c(Br)c1)c1cc(Br)c(OCCCCO)c(Br)c1. The third kappa shape index (κ3) is 7.44. The van der Waals surface area contributed by atoms with Crippen molar-refractivity contribution in [2.45, 2.75) is 44.9 Å². The molecule has 0 bridgehead atoms. The van der Waals surface area contributed by atoms with Gasteiger partial charge in [0.25, 0.3) is 0 Å². The van der Waals surface area contributed by atoms with Crippen molar-refractivity contribution in [3.8, 4) is 11.5 Å². The van der Waals surface area contributed by atoms with E-state index in [9.17, 15) is 0 Å². The average molecular weight is 688 g/mol. The van der Waals surface area contributed by atoms with Gasteiger partial charge < -0.3 is 19.7 Å². The van der Waals surface area contributed by atoms with Gasteiger partial charge in [-0.3, -0.25) is 0 Å². The van der Waals surface area contributed by atoms with Gasteiger partial charge >= 0.3 is 0 Å². The summed E-state index contributed by atoms with van der Waals surface area (Å²) in [6, 6.07) is 8.36. The smallest absolute Gasteiger partial charge is 0.147 e. The molecule has 0 aliphatic heterocycles. The molecule has 172 valence electrons. The molecule has 0 atom stereocenters. The molecule has 8 heteroatoms. The second kappa shape index (κ2) is 12.9. The lowest BCUT2D eigenvalue weighted by Crippen LogP contribution is -2.19. The van der Waals surface area contributed by atoms with Crippen LogP contribution in [-0.4, -0.2) is 36.6 Å². The number of benzene rings is 2. The van der Waals surface area contributed by atoms with Crippen molar-refractivity contribution in [2.75, 3.05) is 26.4 Å². The summed E-state index contributed by atoms with van der Waals surface area (Å²) in [6.45, 7) is 5.82. The summed E-state index contributed by atoms with van der Waals surface area (Å²) in [6.07, 6.45) is 3.06.